The molecule has 0 aliphatic heterocycles. The van der Waals surface area contributed by atoms with E-state index in [4.69, 9.17) is 0 Å². The van der Waals surface area contributed by atoms with E-state index in [0.29, 0.717) is 0 Å². The molecule has 1 aromatic rings. The molecule has 0 spiro atoms. The van der Waals surface area contributed by atoms with Crippen LogP contribution in [0.2, 0.25) is 0 Å². The molecule has 1 heterocycles. The van der Waals surface area contributed by atoms with Crippen molar-refractivity contribution in [3.8, 4) is 0 Å². The van der Waals surface area contributed by atoms with Gasteiger partial charge in [-0.25, -0.2) is 9.97 Å². The molecule has 84 valence electrons. The molecule has 3 nitrogen and oxygen atoms in total. The monoisotopic (exact) mass is 215 g/mol. The van der Waals surface area contributed by atoms with Gasteiger partial charge in [0.05, 0.1) is 5.69 Å². The van der Waals surface area contributed by atoms with Gasteiger partial charge >= 0.3 is 0 Å². The summed E-state index contributed by atoms with van der Waals surface area (Å²) >= 11 is 0. The first-order chi connectivity index (χ1) is 7.92. The summed E-state index contributed by atoms with van der Waals surface area (Å²) in [5.74, 6) is 2.55. The molecular formula is C13H17N3. The molecule has 1 fully saturated rings. The van der Waals surface area contributed by atoms with Crippen LogP contribution in [0.25, 0.3) is 0 Å². The van der Waals surface area contributed by atoms with Crippen LogP contribution in [0.3, 0.4) is 0 Å². The van der Waals surface area contributed by atoms with Crippen LogP contribution < -0.4 is 5.32 Å². The Kier molecular flexibility index (Phi) is 2.70. The summed E-state index contributed by atoms with van der Waals surface area (Å²) in [6, 6.07) is 1.97. The average Bonchev–Trinajstić information content (AvgIpc) is 2.92. The third-order valence-corrected chi connectivity index (χ3v) is 3.77. The second-order valence-electron chi connectivity index (χ2n) is 4.87. The first-order valence-corrected chi connectivity index (χ1v) is 6.06. The van der Waals surface area contributed by atoms with Crippen molar-refractivity contribution in [2.45, 2.75) is 19.4 Å². The Balaban J connectivity index is 1.46. The number of allylic oxidation sites excluding steroid dienone is 2. The lowest BCUT2D eigenvalue weighted by Crippen LogP contribution is -2.25. The predicted octanol–water partition coefficient (Wildman–Crippen LogP) is 1.78. The second-order valence-corrected chi connectivity index (χ2v) is 4.87. The molecular weight excluding hydrogens is 198 g/mol. The average molecular weight is 215 g/mol. The SMILES string of the molecule is C1=CC2CC1CC2CNCc1ccncn1. The molecule has 0 radical (unpaired) electrons. The van der Waals surface area contributed by atoms with E-state index >= 15 is 0 Å². The highest BCUT2D eigenvalue weighted by Crippen LogP contribution is 2.42. The smallest absolute Gasteiger partial charge is 0.115 e. The summed E-state index contributed by atoms with van der Waals surface area (Å²) in [6.45, 7) is 1.98. The van der Waals surface area contributed by atoms with Crippen molar-refractivity contribution >= 4 is 0 Å². The quantitative estimate of drug-likeness (QED) is 0.778. The van der Waals surface area contributed by atoms with Gasteiger partial charge < -0.3 is 5.32 Å². The number of hydrogen-bond donors (Lipinski definition) is 1. The van der Waals surface area contributed by atoms with Gasteiger partial charge in [0.1, 0.15) is 6.33 Å². The van der Waals surface area contributed by atoms with Gasteiger partial charge in [-0.1, -0.05) is 12.2 Å². The van der Waals surface area contributed by atoms with Gasteiger partial charge in [-0.3, -0.25) is 0 Å². The Morgan fingerprint density at radius 1 is 1.31 bits per heavy atom. The minimum absolute atomic E-state index is 0.836. The molecule has 1 saturated carbocycles. The molecule has 2 aliphatic rings. The molecule has 16 heavy (non-hydrogen) atoms. The molecule has 0 saturated heterocycles. The van der Waals surface area contributed by atoms with Crippen LogP contribution in [0.5, 0.6) is 0 Å². The molecule has 0 amide bonds. The standard InChI is InChI=1S/C13H17N3/c1-2-11-5-10(1)6-12(11)7-15-8-13-3-4-14-9-16-13/h1-4,9-12,15H,5-8H2. The summed E-state index contributed by atoms with van der Waals surface area (Å²) in [5, 5.41) is 3.50. The Hall–Kier alpha value is -1.22. The van der Waals surface area contributed by atoms with Crippen LogP contribution in [0.15, 0.2) is 30.7 Å². The maximum atomic E-state index is 4.20. The van der Waals surface area contributed by atoms with Crippen LogP contribution in [-0.2, 0) is 6.54 Å². The van der Waals surface area contributed by atoms with Crippen molar-refractivity contribution in [1.82, 2.24) is 15.3 Å². The Labute approximate surface area is 96.0 Å². The van der Waals surface area contributed by atoms with Crippen molar-refractivity contribution in [2.75, 3.05) is 6.54 Å². The molecule has 0 aromatic carbocycles. The number of fused-ring (bicyclic) bond motifs is 2. The van der Waals surface area contributed by atoms with Gasteiger partial charge in [-0.2, -0.15) is 0 Å². The van der Waals surface area contributed by atoms with Crippen molar-refractivity contribution in [1.29, 1.82) is 0 Å². The molecule has 3 atom stereocenters. The summed E-state index contributed by atoms with van der Waals surface area (Å²) in [7, 11) is 0. The Morgan fingerprint density at radius 3 is 3.00 bits per heavy atom. The number of hydrogen-bond acceptors (Lipinski definition) is 3. The fourth-order valence-electron chi connectivity index (χ4n) is 2.94. The van der Waals surface area contributed by atoms with Crippen molar-refractivity contribution in [3.63, 3.8) is 0 Å². The second kappa shape index (κ2) is 4.34. The number of nitrogens with zero attached hydrogens (tertiary/aromatic N) is 2. The molecule has 3 rings (SSSR count). The number of nitrogens with one attached hydrogen (secondary N) is 1. The van der Waals surface area contributed by atoms with Gasteiger partial charge in [0.25, 0.3) is 0 Å². The molecule has 1 N–H and O–H groups in total. The normalized spacial score (nSPS) is 31.1. The fraction of sp³-hybridized carbons (Fsp3) is 0.538. The third-order valence-electron chi connectivity index (χ3n) is 3.77. The summed E-state index contributed by atoms with van der Waals surface area (Å²) in [4.78, 5) is 8.12. The van der Waals surface area contributed by atoms with E-state index in [0.717, 1.165) is 36.5 Å². The van der Waals surface area contributed by atoms with Gasteiger partial charge in [0, 0.05) is 12.7 Å². The van der Waals surface area contributed by atoms with Gasteiger partial charge in [0.15, 0.2) is 0 Å². The third kappa shape index (κ3) is 2.00. The largest absolute Gasteiger partial charge is 0.311 e. The highest BCUT2D eigenvalue weighted by Gasteiger charge is 2.34. The number of aromatic nitrogens is 2. The van der Waals surface area contributed by atoms with Crippen LogP contribution in [0.4, 0.5) is 0 Å². The van der Waals surface area contributed by atoms with Crippen LogP contribution in [0.1, 0.15) is 18.5 Å². The lowest BCUT2D eigenvalue weighted by molar-refractivity contribution is 0.413. The molecule has 2 bridgehead atoms. The first-order valence-electron chi connectivity index (χ1n) is 6.06. The van der Waals surface area contributed by atoms with Crippen LogP contribution in [-0.4, -0.2) is 16.5 Å². The maximum absolute atomic E-state index is 4.20. The summed E-state index contributed by atoms with van der Waals surface area (Å²) in [5.41, 5.74) is 1.08. The first kappa shape index (κ1) is 9.97. The zero-order valence-electron chi connectivity index (χ0n) is 9.34. The lowest BCUT2D eigenvalue weighted by Gasteiger charge is -2.18. The summed E-state index contributed by atoms with van der Waals surface area (Å²) in [6.07, 6.45) is 11.0. The molecule has 3 unspecified atom stereocenters. The van der Waals surface area contributed by atoms with Gasteiger partial charge in [0.2, 0.25) is 0 Å². The molecule has 2 aliphatic carbocycles. The topological polar surface area (TPSA) is 37.8 Å². The highest BCUT2D eigenvalue weighted by atomic mass is 14.9. The molecule has 3 heteroatoms. The van der Waals surface area contributed by atoms with Crippen LogP contribution in [0, 0.1) is 17.8 Å². The maximum Gasteiger partial charge on any atom is 0.115 e. The lowest BCUT2D eigenvalue weighted by atomic mass is 9.94. The van der Waals surface area contributed by atoms with E-state index in [-0.39, 0.29) is 0 Å². The zero-order valence-corrected chi connectivity index (χ0v) is 9.34. The minimum Gasteiger partial charge on any atom is -0.311 e. The number of rotatable bonds is 4. The van der Waals surface area contributed by atoms with Crippen molar-refractivity contribution in [2.24, 2.45) is 17.8 Å². The van der Waals surface area contributed by atoms with Gasteiger partial charge in [-0.05, 0) is 43.2 Å². The van der Waals surface area contributed by atoms with Gasteiger partial charge in [-0.15, -0.1) is 0 Å². The predicted molar refractivity (Wildman–Crippen MR) is 62.6 cm³/mol. The highest BCUT2D eigenvalue weighted by molar-refractivity contribution is 5.10. The summed E-state index contributed by atoms with van der Waals surface area (Å²) < 4.78 is 0. The van der Waals surface area contributed by atoms with E-state index in [1.54, 1.807) is 12.5 Å². The van der Waals surface area contributed by atoms with E-state index in [1.807, 2.05) is 6.07 Å². The van der Waals surface area contributed by atoms with E-state index in [2.05, 4.69) is 27.4 Å². The zero-order chi connectivity index (χ0) is 10.8. The minimum atomic E-state index is 0.836. The fourth-order valence-corrected chi connectivity index (χ4v) is 2.94. The van der Waals surface area contributed by atoms with Crippen molar-refractivity contribution in [3.05, 3.63) is 36.4 Å². The van der Waals surface area contributed by atoms with E-state index in [1.165, 1.54) is 12.8 Å². The van der Waals surface area contributed by atoms with E-state index < -0.39 is 0 Å². The van der Waals surface area contributed by atoms with Crippen molar-refractivity contribution < 1.29 is 0 Å². The van der Waals surface area contributed by atoms with Crippen LogP contribution >= 0.6 is 0 Å². The molecule has 1 aromatic heterocycles. The Bertz CT molecular complexity index is 374. The van der Waals surface area contributed by atoms with E-state index in [9.17, 15) is 0 Å². The Morgan fingerprint density at radius 2 is 2.31 bits per heavy atom.